The minimum atomic E-state index is -1.26. The van der Waals surface area contributed by atoms with E-state index in [0.717, 1.165) is 32.9 Å². The number of rotatable bonds is 16. The first kappa shape index (κ1) is 33.7. The Morgan fingerprint density at radius 2 is 1.30 bits per heavy atom. The molecule has 0 fully saturated rings. The van der Waals surface area contributed by atoms with Crippen LogP contribution in [0, 0.1) is 5.92 Å². The molecule has 0 aliphatic carbocycles. The molecule has 244 valence electrons. The highest BCUT2D eigenvalue weighted by atomic mass is 16.4. The van der Waals surface area contributed by atoms with Crippen LogP contribution < -0.4 is 27.4 Å². The van der Waals surface area contributed by atoms with E-state index in [1.807, 2.05) is 55.5 Å². The Bertz CT molecular complexity index is 1710. The van der Waals surface area contributed by atoms with Crippen molar-refractivity contribution < 1.29 is 29.1 Å². The Morgan fingerprint density at radius 3 is 1.83 bits per heavy atom. The van der Waals surface area contributed by atoms with Crippen LogP contribution in [0.3, 0.4) is 0 Å². The van der Waals surface area contributed by atoms with Crippen LogP contribution in [0.4, 0.5) is 0 Å². The van der Waals surface area contributed by atoms with Gasteiger partial charge in [0.15, 0.2) is 0 Å². The number of nitrogens with two attached hydrogens (primary N) is 2. The maximum Gasteiger partial charge on any atom is 0.326 e. The molecule has 2 heterocycles. The van der Waals surface area contributed by atoms with Crippen LogP contribution in [0.15, 0.2) is 60.9 Å². The number of hydrogen-bond acceptors (Lipinski definition) is 6. The summed E-state index contributed by atoms with van der Waals surface area (Å²) in [5.74, 6) is -4.18. The predicted octanol–water partition coefficient (Wildman–Crippen LogP) is 1.61. The zero-order chi connectivity index (χ0) is 33.4. The maximum atomic E-state index is 13.8. The van der Waals surface area contributed by atoms with Crippen LogP contribution in [-0.4, -0.2) is 68.8 Å². The third kappa shape index (κ3) is 8.30. The van der Waals surface area contributed by atoms with Gasteiger partial charge < -0.3 is 42.5 Å². The van der Waals surface area contributed by atoms with E-state index in [4.69, 9.17) is 11.5 Å². The van der Waals surface area contributed by atoms with Crippen molar-refractivity contribution in [3.8, 4) is 0 Å². The van der Waals surface area contributed by atoms with E-state index in [1.54, 1.807) is 19.3 Å². The topological polar surface area (TPSA) is 225 Å². The van der Waals surface area contributed by atoms with Crippen LogP contribution in [0.1, 0.15) is 44.2 Å². The number of nitrogens with one attached hydrogen (secondary N) is 5. The van der Waals surface area contributed by atoms with E-state index in [-0.39, 0.29) is 31.6 Å². The molecule has 4 amide bonds. The molecule has 0 radical (unpaired) electrons. The van der Waals surface area contributed by atoms with Gasteiger partial charge in [0.25, 0.3) is 0 Å². The normalized spacial score (nSPS) is 14.6. The molecule has 4 rings (SSSR count). The molecule has 0 spiro atoms. The Kier molecular flexibility index (Phi) is 11.2. The van der Waals surface area contributed by atoms with Gasteiger partial charge in [-0.15, -0.1) is 0 Å². The monoisotopic (exact) mass is 631 g/mol. The lowest BCUT2D eigenvalue weighted by Gasteiger charge is -2.28. The third-order valence-electron chi connectivity index (χ3n) is 8.28. The molecular weight excluding hydrogens is 590 g/mol. The highest BCUT2D eigenvalue weighted by molar-refractivity contribution is 5.95. The van der Waals surface area contributed by atoms with Gasteiger partial charge in [0, 0.05) is 53.5 Å². The van der Waals surface area contributed by atoms with Crippen molar-refractivity contribution in [2.45, 2.75) is 70.1 Å². The van der Waals surface area contributed by atoms with Crippen molar-refractivity contribution in [2.75, 3.05) is 0 Å². The van der Waals surface area contributed by atoms with Crippen LogP contribution in [0.25, 0.3) is 21.8 Å². The summed E-state index contributed by atoms with van der Waals surface area (Å²) >= 11 is 0. The molecule has 0 aliphatic heterocycles. The molecule has 0 saturated heterocycles. The van der Waals surface area contributed by atoms with Crippen molar-refractivity contribution in [3.63, 3.8) is 0 Å². The standard InChI is InChI=1S/C33H41N7O6/c1-3-18(2)29(32(44)39-27(33(45)46)15-20-17-37-25-11-7-5-9-22(20)25)40-31(43)26(38-30(42)23(34)12-13-28(35)41)14-19-16-36-24-10-6-4-8-21(19)24/h4-11,16-18,23,26-27,29,36-37H,3,12-15,34H2,1-2H3,(H2,35,41)(H,38,42)(H,39,44)(H,40,43)(H,45,46). The first-order valence-electron chi connectivity index (χ1n) is 15.3. The molecule has 0 bridgehead atoms. The van der Waals surface area contributed by atoms with Crippen molar-refractivity contribution in [3.05, 3.63) is 72.1 Å². The van der Waals surface area contributed by atoms with E-state index in [0.29, 0.717) is 6.42 Å². The number of carboxylic acids is 1. The number of aliphatic carboxylic acids is 1. The van der Waals surface area contributed by atoms with E-state index >= 15 is 0 Å². The second-order valence-corrected chi connectivity index (χ2v) is 11.6. The van der Waals surface area contributed by atoms with E-state index in [9.17, 15) is 29.1 Å². The SMILES string of the molecule is CCC(C)C(NC(=O)C(Cc1c[nH]c2ccccc12)NC(=O)C(N)CCC(N)=O)C(=O)NC(Cc1c[nH]c2ccccc12)C(=O)O. The molecule has 46 heavy (non-hydrogen) atoms. The average Bonchev–Trinajstić information content (AvgIpc) is 3.65. The van der Waals surface area contributed by atoms with E-state index in [1.165, 1.54) is 0 Å². The van der Waals surface area contributed by atoms with Gasteiger partial charge in [0.1, 0.15) is 18.1 Å². The fraction of sp³-hybridized carbons (Fsp3) is 0.364. The van der Waals surface area contributed by atoms with Gasteiger partial charge in [0.2, 0.25) is 23.6 Å². The van der Waals surface area contributed by atoms with Gasteiger partial charge in [-0.05, 0) is 35.6 Å². The quantitative estimate of drug-likeness (QED) is 0.0911. The first-order chi connectivity index (χ1) is 22.0. The van der Waals surface area contributed by atoms with Gasteiger partial charge in [-0.2, -0.15) is 0 Å². The number of aromatic amines is 2. The van der Waals surface area contributed by atoms with Crippen LogP contribution in [-0.2, 0) is 36.8 Å². The lowest BCUT2D eigenvalue weighted by Crippen LogP contribution is -2.59. The zero-order valence-electron chi connectivity index (χ0n) is 25.8. The number of hydrogen-bond donors (Lipinski definition) is 8. The van der Waals surface area contributed by atoms with Gasteiger partial charge >= 0.3 is 5.97 Å². The van der Waals surface area contributed by atoms with Crippen molar-refractivity contribution in [2.24, 2.45) is 17.4 Å². The number of fused-ring (bicyclic) bond motifs is 2. The molecule has 0 saturated carbocycles. The molecule has 5 atom stereocenters. The molecule has 2 aromatic carbocycles. The van der Waals surface area contributed by atoms with E-state index < -0.39 is 53.8 Å². The highest BCUT2D eigenvalue weighted by Crippen LogP contribution is 2.21. The minimum absolute atomic E-state index is 0.00645. The van der Waals surface area contributed by atoms with Crippen LogP contribution in [0.2, 0.25) is 0 Å². The molecule has 4 aromatic rings. The lowest BCUT2D eigenvalue weighted by atomic mass is 9.96. The molecule has 13 heteroatoms. The summed E-state index contributed by atoms with van der Waals surface area (Å²) in [7, 11) is 0. The fourth-order valence-corrected chi connectivity index (χ4v) is 5.38. The van der Waals surface area contributed by atoms with Crippen LogP contribution >= 0.6 is 0 Å². The number of aromatic nitrogens is 2. The Hall–Kier alpha value is -5.17. The van der Waals surface area contributed by atoms with E-state index in [2.05, 4.69) is 25.9 Å². The highest BCUT2D eigenvalue weighted by Gasteiger charge is 2.33. The second kappa shape index (κ2) is 15.2. The Balaban J connectivity index is 1.54. The van der Waals surface area contributed by atoms with Crippen molar-refractivity contribution in [1.29, 1.82) is 0 Å². The molecule has 5 unspecified atom stereocenters. The molecule has 0 aliphatic rings. The van der Waals surface area contributed by atoms with Crippen molar-refractivity contribution >= 4 is 51.4 Å². The summed E-state index contributed by atoms with van der Waals surface area (Å²) < 4.78 is 0. The number of benzene rings is 2. The van der Waals surface area contributed by atoms with Crippen LogP contribution in [0.5, 0.6) is 0 Å². The number of carbonyl (C=O) groups excluding carboxylic acids is 4. The first-order valence-corrected chi connectivity index (χ1v) is 15.3. The number of carboxylic acid groups (broad SMARTS) is 1. The summed E-state index contributed by atoms with van der Waals surface area (Å²) in [5, 5.41) is 19.8. The Labute approximate surface area is 265 Å². The van der Waals surface area contributed by atoms with Gasteiger partial charge in [0.05, 0.1) is 6.04 Å². The Morgan fingerprint density at radius 1 is 0.783 bits per heavy atom. The van der Waals surface area contributed by atoms with Gasteiger partial charge in [-0.3, -0.25) is 19.2 Å². The number of H-pyrrole nitrogens is 2. The van der Waals surface area contributed by atoms with Gasteiger partial charge in [-0.1, -0.05) is 56.7 Å². The van der Waals surface area contributed by atoms with Gasteiger partial charge in [-0.25, -0.2) is 4.79 Å². The summed E-state index contributed by atoms with van der Waals surface area (Å²) in [6, 6.07) is 10.3. The number of amides is 4. The average molecular weight is 632 g/mol. The summed E-state index contributed by atoms with van der Waals surface area (Å²) in [4.78, 5) is 70.2. The summed E-state index contributed by atoms with van der Waals surface area (Å²) in [5.41, 5.74) is 14.3. The largest absolute Gasteiger partial charge is 0.480 e. The smallest absolute Gasteiger partial charge is 0.326 e. The molecular formula is C33H41N7O6. The molecule has 2 aromatic heterocycles. The second-order valence-electron chi connectivity index (χ2n) is 11.6. The summed E-state index contributed by atoms with van der Waals surface area (Å²) in [6.45, 7) is 3.62. The minimum Gasteiger partial charge on any atom is -0.480 e. The van der Waals surface area contributed by atoms with Crippen molar-refractivity contribution in [1.82, 2.24) is 25.9 Å². The number of primary amides is 1. The molecule has 13 nitrogen and oxygen atoms in total. The maximum absolute atomic E-state index is 13.8. The fourth-order valence-electron chi connectivity index (χ4n) is 5.38. The third-order valence-corrected chi connectivity index (χ3v) is 8.28. The zero-order valence-corrected chi connectivity index (χ0v) is 25.8. The number of para-hydroxylation sites is 2. The molecule has 10 N–H and O–H groups in total. The predicted molar refractivity (Wildman–Crippen MR) is 173 cm³/mol. The number of carbonyl (C=O) groups is 5. The summed E-state index contributed by atoms with van der Waals surface area (Å²) in [6.07, 6.45) is 3.93. The lowest BCUT2D eigenvalue weighted by molar-refractivity contribution is -0.142.